The van der Waals surface area contributed by atoms with E-state index in [0.717, 1.165) is 55.5 Å². The van der Waals surface area contributed by atoms with Crippen molar-refractivity contribution in [3.8, 4) is 0 Å². The van der Waals surface area contributed by atoms with Crippen LogP contribution in [0.1, 0.15) is 42.3 Å². The maximum atomic E-state index is 12.1. The Balaban J connectivity index is 1.93. The first-order chi connectivity index (χ1) is 15.0. The van der Waals surface area contributed by atoms with Gasteiger partial charge in [-0.25, -0.2) is 9.98 Å². The number of aromatic nitrogens is 1. The van der Waals surface area contributed by atoms with Gasteiger partial charge < -0.3 is 20.4 Å². The molecule has 7 nitrogen and oxygen atoms in total. The molecule has 0 saturated carbocycles. The van der Waals surface area contributed by atoms with E-state index in [4.69, 9.17) is 0 Å². The molecule has 0 bridgehead atoms. The van der Waals surface area contributed by atoms with Crippen molar-refractivity contribution < 1.29 is 4.79 Å². The van der Waals surface area contributed by atoms with Crippen LogP contribution in [0, 0.1) is 0 Å². The number of amides is 1. The average molecular weight is 425 g/mol. The van der Waals surface area contributed by atoms with Crippen LogP contribution >= 0.6 is 0 Å². The summed E-state index contributed by atoms with van der Waals surface area (Å²) in [5.41, 5.74) is 2.90. The number of nitrogens with one attached hydrogen (secondary N) is 2. The summed E-state index contributed by atoms with van der Waals surface area (Å²) in [6, 6.07) is 11.9. The van der Waals surface area contributed by atoms with E-state index in [1.165, 1.54) is 0 Å². The number of pyridine rings is 1. The monoisotopic (exact) mass is 424 g/mol. The number of guanidine groups is 1. The molecule has 0 aliphatic heterocycles. The van der Waals surface area contributed by atoms with Gasteiger partial charge in [0.25, 0.3) is 5.91 Å². The summed E-state index contributed by atoms with van der Waals surface area (Å²) < 4.78 is 0. The van der Waals surface area contributed by atoms with E-state index in [0.29, 0.717) is 12.1 Å². The number of nitrogens with zero attached hydrogens (tertiary/aromatic N) is 4. The van der Waals surface area contributed by atoms with Crippen molar-refractivity contribution in [2.45, 2.75) is 33.7 Å². The standard InChI is InChI=1S/C24H36N6O/c1-6-25-24(28-18-20-12-13-22(27-17-20)30(7-2)8-3)26-15-14-19-10-9-11-21(16-19)23(31)29(4)5/h9-13,16-17H,6-8,14-15,18H2,1-5H3,(H2,25,26,28). The molecule has 2 rings (SSSR count). The number of rotatable bonds is 10. The Labute approximate surface area is 186 Å². The highest BCUT2D eigenvalue weighted by atomic mass is 16.2. The maximum Gasteiger partial charge on any atom is 0.253 e. The molecule has 2 aromatic rings. The van der Waals surface area contributed by atoms with Gasteiger partial charge in [0, 0.05) is 52.0 Å². The van der Waals surface area contributed by atoms with Gasteiger partial charge >= 0.3 is 0 Å². The molecule has 2 N–H and O–H groups in total. The molecular formula is C24H36N6O. The van der Waals surface area contributed by atoms with Gasteiger partial charge in [-0.2, -0.15) is 0 Å². The SMILES string of the molecule is CCNC(=NCc1ccc(N(CC)CC)nc1)NCCc1cccc(C(=O)N(C)C)c1. The molecule has 1 amide bonds. The lowest BCUT2D eigenvalue weighted by Gasteiger charge is -2.19. The van der Waals surface area contributed by atoms with Crippen LogP contribution in [0.15, 0.2) is 47.6 Å². The molecule has 1 aromatic heterocycles. The zero-order valence-electron chi connectivity index (χ0n) is 19.5. The first-order valence-corrected chi connectivity index (χ1v) is 11.0. The van der Waals surface area contributed by atoms with E-state index < -0.39 is 0 Å². The first kappa shape index (κ1) is 24.2. The highest BCUT2D eigenvalue weighted by molar-refractivity contribution is 5.94. The van der Waals surface area contributed by atoms with Crippen molar-refractivity contribution in [1.82, 2.24) is 20.5 Å². The maximum absolute atomic E-state index is 12.1. The second kappa shape index (κ2) is 12.6. The summed E-state index contributed by atoms with van der Waals surface area (Å²) in [5, 5.41) is 6.65. The van der Waals surface area contributed by atoms with Gasteiger partial charge in [-0.3, -0.25) is 4.79 Å². The summed E-state index contributed by atoms with van der Waals surface area (Å²) >= 11 is 0. The number of hydrogen-bond donors (Lipinski definition) is 2. The van der Waals surface area contributed by atoms with Crippen LogP contribution in [0.25, 0.3) is 0 Å². The van der Waals surface area contributed by atoms with Crippen molar-refractivity contribution in [1.29, 1.82) is 0 Å². The summed E-state index contributed by atoms with van der Waals surface area (Å²) in [5.74, 6) is 1.79. The lowest BCUT2D eigenvalue weighted by Crippen LogP contribution is -2.38. The highest BCUT2D eigenvalue weighted by Gasteiger charge is 2.08. The van der Waals surface area contributed by atoms with E-state index >= 15 is 0 Å². The smallest absolute Gasteiger partial charge is 0.253 e. The summed E-state index contributed by atoms with van der Waals surface area (Å²) in [6.45, 7) is 10.3. The molecule has 0 spiro atoms. The van der Waals surface area contributed by atoms with E-state index in [2.05, 4.69) is 51.5 Å². The molecule has 31 heavy (non-hydrogen) atoms. The van der Waals surface area contributed by atoms with Gasteiger partial charge in [0.05, 0.1) is 6.54 Å². The van der Waals surface area contributed by atoms with Crippen molar-refractivity contribution in [2.75, 3.05) is 45.2 Å². The molecule has 0 unspecified atom stereocenters. The number of aliphatic imine (C=N–C) groups is 1. The number of carbonyl (C=O) groups is 1. The van der Waals surface area contributed by atoms with Crippen LogP contribution in [-0.4, -0.2) is 62.0 Å². The van der Waals surface area contributed by atoms with Crippen LogP contribution in [0.3, 0.4) is 0 Å². The molecule has 168 valence electrons. The molecule has 1 aromatic carbocycles. The minimum Gasteiger partial charge on any atom is -0.357 e. The molecule has 0 radical (unpaired) electrons. The van der Waals surface area contributed by atoms with Crippen molar-refractivity contribution in [2.24, 2.45) is 4.99 Å². The Morgan fingerprint density at radius 1 is 1.03 bits per heavy atom. The Hall–Kier alpha value is -3.09. The normalized spacial score (nSPS) is 11.2. The topological polar surface area (TPSA) is 72.9 Å². The zero-order chi connectivity index (χ0) is 22.6. The van der Waals surface area contributed by atoms with Crippen molar-refractivity contribution in [3.63, 3.8) is 0 Å². The zero-order valence-corrected chi connectivity index (χ0v) is 19.5. The largest absolute Gasteiger partial charge is 0.357 e. The van der Waals surface area contributed by atoms with Crippen LogP contribution in [0.5, 0.6) is 0 Å². The third kappa shape index (κ3) is 7.59. The first-order valence-electron chi connectivity index (χ1n) is 11.0. The third-order valence-corrected chi connectivity index (χ3v) is 4.95. The van der Waals surface area contributed by atoms with Crippen molar-refractivity contribution in [3.05, 3.63) is 59.3 Å². The molecular weight excluding hydrogens is 388 g/mol. The lowest BCUT2D eigenvalue weighted by molar-refractivity contribution is 0.0827. The van der Waals surface area contributed by atoms with E-state index in [9.17, 15) is 4.79 Å². The second-order valence-corrected chi connectivity index (χ2v) is 7.47. The fourth-order valence-electron chi connectivity index (χ4n) is 3.20. The van der Waals surface area contributed by atoms with E-state index in [1.54, 1.807) is 19.0 Å². The Bertz CT molecular complexity index is 843. The Morgan fingerprint density at radius 3 is 2.42 bits per heavy atom. The second-order valence-electron chi connectivity index (χ2n) is 7.47. The van der Waals surface area contributed by atoms with E-state index in [1.807, 2.05) is 37.4 Å². The highest BCUT2D eigenvalue weighted by Crippen LogP contribution is 2.11. The van der Waals surface area contributed by atoms with Gasteiger partial charge in [0.15, 0.2) is 5.96 Å². The number of hydrogen-bond acceptors (Lipinski definition) is 4. The molecule has 0 aliphatic rings. The predicted molar refractivity (Wildman–Crippen MR) is 129 cm³/mol. The third-order valence-electron chi connectivity index (χ3n) is 4.95. The molecule has 7 heteroatoms. The quantitative estimate of drug-likeness (QED) is 0.453. The minimum absolute atomic E-state index is 0.0188. The fraction of sp³-hybridized carbons (Fsp3) is 0.458. The number of anilines is 1. The molecule has 1 heterocycles. The average Bonchev–Trinajstić information content (AvgIpc) is 2.78. The Kier molecular flexibility index (Phi) is 9.81. The van der Waals surface area contributed by atoms with Crippen molar-refractivity contribution >= 4 is 17.7 Å². The number of carbonyl (C=O) groups excluding carboxylic acids is 1. The fourth-order valence-corrected chi connectivity index (χ4v) is 3.20. The van der Waals surface area contributed by atoms with Crippen LogP contribution < -0.4 is 15.5 Å². The van der Waals surface area contributed by atoms with Crippen LogP contribution in [-0.2, 0) is 13.0 Å². The van der Waals surface area contributed by atoms with Gasteiger partial charge in [0.2, 0.25) is 0 Å². The van der Waals surface area contributed by atoms with Crippen LogP contribution in [0.4, 0.5) is 5.82 Å². The summed E-state index contributed by atoms with van der Waals surface area (Å²) in [4.78, 5) is 25.2. The number of benzene rings is 1. The van der Waals surface area contributed by atoms with Crippen LogP contribution in [0.2, 0.25) is 0 Å². The van der Waals surface area contributed by atoms with E-state index in [-0.39, 0.29) is 5.91 Å². The molecule has 0 fully saturated rings. The van der Waals surface area contributed by atoms with Gasteiger partial charge in [-0.05, 0) is 56.5 Å². The van der Waals surface area contributed by atoms with Gasteiger partial charge in [-0.1, -0.05) is 18.2 Å². The molecule has 0 atom stereocenters. The van der Waals surface area contributed by atoms with Gasteiger partial charge in [0.1, 0.15) is 5.82 Å². The molecule has 0 saturated heterocycles. The molecule has 0 aliphatic carbocycles. The minimum atomic E-state index is 0.0188. The van der Waals surface area contributed by atoms with Gasteiger partial charge in [-0.15, -0.1) is 0 Å². The Morgan fingerprint density at radius 2 is 1.81 bits per heavy atom. The lowest BCUT2D eigenvalue weighted by atomic mass is 10.1. The summed E-state index contributed by atoms with van der Waals surface area (Å²) in [7, 11) is 3.53. The summed E-state index contributed by atoms with van der Waals surface area (Å²) in [6.07, 6.45) is 2.70. The predicted octanol–water partition coefficient (Wildman–Crippen LogP) is 2.93.